The minimum atomic E-state index is -4.41. The van der Waals surface area contributed by atoms with E-state index in [1.165, 1.54) is 11.6 Å². The lowest BCUT2D eigenvalue weighted by Gasteiger charge is -2.17. The monoisotopic (exact) mass is 281 g/mol. The van der Waals surface area contributed by atoms with Gasteiger partial charge in [-0.05, 0) is 40.8 Å². The van der Waals surface area contributed by atoms with Crippen molar-refractivity contribution >= 4 is 10.8 Å². The van der Waals surface area contributed by atoms with Gasteiger partial charge >= 0.3 is 6.18 Å². The van der Waals surface area contributed by atoms with E-state index in [-0.39, 0.29) is 5.56 Å². The summed E-state index contributed by atoms with van der Waals surface area (Å²) in [7, 11) is 0. The number of benzene rings is 2. The fourth-order valence-electron chi connectivity index (χ4n) is 2.34. The fourth-order valence-corrected chi connectivity index (χ4v) is 2.34. The van der Waals surface area contributed by atoms with Gasteiger partial charge in [0.05, 0.1) is 0 Å². The van der Waals surface area contributed by atoms with Crippen molar-refractivity contribution in [3.8, 4) is 0 Å². The lowest BCUT2D eigenvalue weighted by molar-refractivity contribution is -0.149. The van der Waals surface area contributed by atoms with Gasteiger partial charge in [0.2, 0.25) is 0 Å². The molecule has 2 aromatic rings. The highest BCUT2D eigenvalue weighted by molar-refractivity contribution is 5.86. The maximum atomic E-state index is 12.7. The van der Waals surface area contributed by atoms with Gasteiger partial charge in [0.1, 0.15) is 6.04 Å². The maximum Gasteiger partial charge on any atom is 0.407 e. The number of aryl methyl sites for hydroxylation is 1. The molecule has 0 saturated carbocycles. The lowest BCUT2D eigenvalue weighted by Crippen LogP contribution is -2.28. The molecule has 0 radical (unpaired) electrons. The van der Waals surface area contributed by atoms with Crippen LogP contribution in [0.15, 0.2) is 36.4 Å². The number of alkyl halides is 3. The molecule has 2 N–H and O–H groups in total. The summed E-state index contributed by atoms with van der Waals surface area (Å²) in [5.74, 6) is 0. The number of rotatable bonds is 4. The van der Waals surface area contributed by atoms with Crippen molar-refractivity contribution in [2.24, 2.45) is 5.73 Å². The Bertz CT molecular complexity index is 590. The Hall–Kier alpha value is -1.55. The van der Waals surface area contributed by atoms with Crippen LogP contribution >= 0.6 is 0 Å². The molecule has 0 unspecified atom stereocenters. The molecule has 0 aliphatic heterocycles. The Morgan fingerprint density at radius 2 is 1.90 bits per heavy atom. The largest absolute Gasteiger partial charge is 0.407 e. The zero-order valence-corrected chi connectivity index (χ0v) is 11.4. The molecule has 0 amide bonds. The van der Waals surface area contributed by atoms with Gasteiger partial charge in [-0.15, -0.1) is 0 Å². The summed E-state index contributed by atoms with van der Waals surface area (Å²) in [6, 6.07) is 8.60. The smallest absolute Gasteiger partial charge is 0.316 e. The van der Waals surface area contributed by atoms with Crippen molar-refractivity contribution in [1.82, 2.24) is 0 Å². The first-order valence-corrected chi connectivity index (χ1v) is 6.77. The predicted molar refractivity (Wildman–Crippen MR) is 75.5 cm³/mol. The molecule has 0 spiro atoms. The number of nitrogens with two attached hydrogens (primary N) is 1. The number of halogens is 3. The summed E-state index contributed by atoms with van der Waals surface area (Å²) in [5, 5.41) is 1.83. The SMILES string of the molecule is CCCCc1cccc2cc([C@H](N)C(F)(F)F)ccc12. The number of hydrogen-bond acceptors (Lipinski definition) is 1. The van der Waals surface area contributed by atoms with E-state index >= 15 is 0 Å². The minimum Gasteiger partial charge on any atom is -0.316 e. The van der Waals surface area contributed by atoms with Gasteiger partial charge in [-0.2, -0.15) is 13.2 Å². The van der Waals surface area contributed by atoms with E-state index in [1.807, 2.05) is 18.2 Å². The quantitative estimate of drug-likeness (QED) is 0.860. The highest BCUT2D eigenvalue weighted by Crippen LogP contribution is 2.32. The van der Waals surface area contributed by atoms with Crippen LogP contribution in [0.1, 0.15) is 36.9 Å². The summed E-state index contributed by atoms with van der Waals surface area (Å²) < 4.78 is 38.0. The van der Waals surface area contributed by atoms with Crippen molar-refractivity contribution in [3.05, 3.63) is 47.5 Å². The molecule has 0 fully saturated rings. The van der Waals surface area contributed by atoms with E-state index < -0.39 is 12.2 Å². The van der Waals surface area contributed by atoms with Gasteiger partial charge in [0, 0.05) is 0 Å². The van der Waals surface area contributed by atoms with Gasteiger partial charge in [0.25, 0.3) is 0 Å². The molecule has 0 aliphatic carbocycles. The third kappa shape index (κ3) is 3.12. The van der Waals surface area contributed by atoms with Crippen molar-refractivity contribution < 1.29 is 13.2 Å². The second-order valence-corrected chi connectivity index (χ2v) is 5.02. The second-order valence-electron chi connectivity index (χ2n) is 5.02. The minimum absolute atomic E-state index is 0.109. The van der Waals surface area contributed by atoms with Crippen molar-refractivity contribution in [2.45, 2.75) is 38.4 Å². The Morgan fingerprint density at radius 3 is 2.55 bits per heavy atom. The molecular weight excluding hydrogens is 263 g/mol. The van der Waals surface area contributed by atoms with E-state index in [2.05, 4.69) is 6.92 Å². The van der Waals surface area contributed by atoms with Gasteiger partial charge in [-0.1, -0.05) is 43.7 Å². The topological polar surface area (TPSA) is 26.0 Å². The average Bonchev–Trinajstić information content (AvgIpc) is 2.42. The molecule has 108 valence electrons. The van der Waals surface area contributed by atoms with E-state index in [0.29, 0.717) is 0 Å². The molecule has 0 aromatic heterocycles. The van der Waals surface area contributed by atoms with Gasteiger partial charge < -0.3 is 5.73 Å². The van der Waals surface area contributed by atoms with Crippen molar-refractivity contribution in [3.63, 3.8) is 0 Å². The van der Waals surface area contributed by atoms with Gasteiger partial charge in [-0.25, -0.2) is 0 Å². The molecular formula is C16H18F3N. The second kappa shape index (κ2) is 5.83. The normalized spacial score (nSPS) is 13.7. The van der Waals surface area contributed by atoms with Gasteiger partial charge in [-0.3, -0.25) is 0 Å². The average molecular weight is 281 g/mol. The predicted octanol–water partition coefficient (Wildman–Crippen LogP) is 4.74. The summed E-state index contributed by atoms with van der Waals surface area (Å²) in [6.45, 7) is 2.12. The molecule has 2 aromatic carbocycles. The van der Waals surface area contributed by atoms with Crippen molar-refractivity contribution in [2.75, 3.05) is 0 Å². The van der Waals surface area contributed by atoms with Crippen LogP contribution in [0.25, 0.3) is 10.8 Å². The van der Waals surface area contributed by atoms with Crippen LogP contribution in [0.3, 0.4) is 0 Å². The Balaban J connectivity index is 2.41. The summed E-state index contributed by atoms with van der Waals surface area (Å²) in [5.41, 5.74) is 6.54. The fraction of sp³-hybridized carbons (Fsp3) is 0.375. The molecule has 0 heterocycles. The van der Waals surface area contributed by atoms with E-state index in [1.54, 1.807) is 12.1 Å². The standard InChI is InChI=1S/C16H18F3N/c1-2-3-5-11-6-4-7-12-10-13(8-9-14(11)12)15(20)16(17,18)19/h4,6-10,15H,2-3,5,20H2,1H3/t15-/m0/s1. The lowest BCUT2D eigenvalue weighted by atomic mass is 9.96. The first kappa shape index (κ1) is 14.9. The summed E-state index contributed by atoms with van der Waals surface area (Å²) in [4.78, 5) is 0. The molecule has 4 heteroatoms. The molecule has 20 heavy (non-hydrogen) atoms. The van der Waals surface area contributed by atoms with E-state index in [0.717, 1.165) is 30.0 Å². The number of fused-ring (bicyclic) bond motifs is 1. The zero-order valence-electron chi connectivity index (χ0n) is 11.4. The van der Waals surface area contributed by atoms with Crippen LogP contribution < -0.4 is 5.73 Å². The summed E-state index contributed by atoms with van der Waals surface area (Å²) >= 11 is 0. The van der Waals surface area contributed by atoms with E-state index in [4.69, 9.17) is 5.73 Å². The zero-order chi connectivity index (χ0) is 14.8. The third-order valence-corrected chi connectivity index (χ3v) is 3.51. The van der Waals surface area contributed by atoms with E-state index in [9.17, 15) is 13.2 Å². The third-order valence-electron chi connectivity index (χ3n) is 3.51. The Morgan fingerprint density at radius 1 is 1.15 bits per heavy atom. The first-order valence-electron chi connectivity index (χ1n) is 6.77. The van der Waals surface area contributed by atoms with Crippen LogP contribution in [0.2, 0.25) is 0 Å². The molecule has 0 aliphatic rings. The highest BCUT2D eigenvalue weighted by Gasteiger charge is 2.37. The Kier molecular flexibility index (Phi) is 4.33. The molecule has 0 saturated heterocycles. The maximum absolute atomic E-state index is 12.7. The summed E-state index contributed by atoms with van der Waals surface area (Å²) in [6.07, 6.45) is -1.30. The van der Waals surface area contributed by atoms with Crippen LogP contribution in [0, 0.1) is 0 Å². The first-order chi connectivity index (χ1) is 9.43. The molecule has 1 nitrogen and oxygen atoms in total. The van der Waals surface area contributed by atoms with Crippen LogP contribution in [-0.2, 0) is 6.42 Å². The number of unbranched alkanes of at least 4 members (excludes halogenated alkanes) is 1. The molecule has 0 bridgehead atoms. The highest BCUT2D eigenvalue weighted by atomic mass is 19.4. The molecule has 1 atom stereocenters. The number of hydrogen-bond donors (Lipinski definition) is 1. The van der Waals surface area contributed by atoms with Crippen LogP contribution in [0.5, 0.6) is 0 Å². The van der Waals surface area contributed by atoms with Gasteiger partial charge in [0.15, 0.2) is 0 Å². The van der Waals surface area contributed by atoms with Crippen molar-refractivity contribution in [1.29, 1.82) is 0 Å². The Labute approximate surface area is 116 Å². The van der Waals surface area contributed by atoms with Crippen LogP contribution in [-0.4, -0.2) is 6.18 Å². The molecule has 2 rings (SSSR count). The van der Waals surface area contributed by atoms with Crippen LogP contribution in [0.4, 0.5) is 13.2 Å².